The van der Waals surface area contributed by atoms with Crippen LogP contribution >= 0.6 is 11.6 Å². The maximum Gasteiger partial charge on any atom is 0.113 e. The van der Waals surface area contributed by atoms with Crippen molar-refractivity contribution in [3.05, 3.63) is 34.3 Å². The van der Waals surface area contributed by atoms with Gasteiger partial charge in [0.2, 0.25) is 0 Å². The van der Waals surface area contributed by atoms with E-state index in [2.05, 4.69) is 0 Å². The summed E-state index contributed by atoms with van der Waals surface area (Å²) < 4.78 is 5.32. The molecule has 1 fully saturated rings. The number of aliphatic hydroxyl groups is 1. The molecule has 0 amide bonds. The number of ether oxygens (including phenoxy) is 1. The minimum Gasteiger partial charge on any atom is -0.383 e. The Morgan fingerprint density at radius 2 is 2.27 bits per heavy atom. The molecule has 1 heterocycles. The number of halogens is 1. The second kappa shape index (κ2) is 4.12. The van der Waals surface area contributed by atoms with Crippen LogP contribution in [-0.4, -0.2) is 18.3 Å². The minimum atomic E-state index is -0.852. The normalized spacial score (nSPS) is 26.6. The number of benzene rings is 1. The van der Waals surface area contributed by atoms with E-state index in [1.807, 2.05) is 25.1 Å². The Hall–Kier alpha value is -0.570. The van der Waals surface area contributed by atoms with Gasteiger partial charge in [-0.25, -0.2) is 0 Å². The first-order valence-electron chi connectivity index (χ1n) is 5.19. The van der Waals surface area contributed by atoms with Crippen LogP contribution in [0.15, 0.2) is 18.2 Å². The van der Waals surface area contributed by atoms with Crippen LogP contribution in [0.1, 0.15) is 24.0 Å². The smallest absolute Gasteiger partial charge is 0.113 e. The van der Waals surface area contributed by atoms with Crippen molar-refractivity contribution in [1.82, 2.24) is 0 Å². The zero-order chi connectivity index (χ0) is 10.9. The molecule has 2 rings (SSSR count). The molecule has 15 heavy (non-hydrogen) atoms. The fraction of sp³-hybridized carbons (Fsp3) is 0.500. The van der Waals surface area contributed by atoms with Crippen molar-refractivity contribution < 1.29 is 9.84 Å². The topological polar surface area (TPSA) is 29.5 Å². The van der Waals surface area contributed by atoms with Gasteiger partial charge >= 0.3 is 0 Å². The molecule has 82 valence electrons. The van der Waals surface area contributed by atoms with E-state index in [9.17, 15) is 5.11 Å². The van der Waals surface area contributed by atoms with Gasteiger partial charge in [-0.15, -0.1) is 0 Å². The van der Waals surface area contributed by atoms with Gasteiger partial charge in [0.1, 0.15) is 5.60 Å². The van der Waals surface area contributed by atoms with Gasteiger partial charge in [0, 0.05) is 11.6 Å². The molecule has 1 saturated heterocycles. The monoisotopic (exact) mass is 226 g/mol. The molecular formula is C12H15ClO2. The minimum absolute atomic E-state index is 0.367. The summed E-state index contributed by atoms with van der Waals surface area (Å²) in [5.41, 5.74) is 1.04. The molecule has 1 unspecified atom stereocenters. The summed E-state index contributed by atoms with van der Waals surface area (Å²) in [6, 6.07) is 5.70. The highest BCUT2D eigenvalue weighted by Gasteiger charge is 2.32. The standard InChI is InChI=1S/C12H15ClO2/c1-9-3-4-10(7-11(9)13)12(14)5-2-6-15-8-12/h3-4,7,14H,2,5-6,8H2,1H3. The largest absolute Gasteiger partial charge is 0.383 e. The maximum atomic E-state index is 10.4. The van der Waals surface area contributed by atoms with Crippen LogP contribution in [0.5, 0.6) is 0 Å². The van der Waals surface area contributed by atoms with Gasteiger partial charge in [0.25, 0.3) is 0 Å². The summed E-state index contributed by atoms with van der Waals surface area (Å²) >= 11 is 6.04. The Labute approximate surface area is 94.8 Å². The van der Waals surface area contributed by atoms with E-state index < -0.39 is 5.60 Å². The SMILES string of the molecule is Cc1ccc(C2(O)CCCOC2)cc1Cl. The predicted octanol–water partition coefficient (Wildman–Crippen LogP) is 2.65. The van der Waals surface area contributed by atoms with Gasteiger partial charge in [0.15, 0.2) is 0 Å². The fourth-order valence-electron chi connectivity index (χ4n) is 1.89. The van der Waals surface area contributed by atoms with Gasteiger partial charge < -0.3 is 9.84 Å². The van der Waals surface area contributed by atoms with Gasteiger partial charge in [-0.1, -0.05) is 23.7 Å². The Kier molecular flexibility index (Phi) is 3.01. The zero-order valence-electron chi connectivity index (χ0n) is 8.79. The quantitative estimate of drug-likeness (QED) is 0.798. The van der Waals surface area contributed by atoms with E-state index in [4.69, 9.17) is 16.3 Å². The first-order valence-corrected chi connectivity index (χ1v) is 5.56. The molecule has 0 saturated carbocycles. The Bertz CT molecular complexity index is 357. The molecule has 0 aliphatic carbocycles. The molecule has 0 bridgehead atoms. The van der Waals surface area contributed by atoms with Crippen molar-refractivity contribution in [2.75, 3.05) is 13.2 Å². The summed E-state index contributed by atoms with van der Waals surface area (Å²) in [6.07, 6.45) is 1.63. The summed E-state index contributed by atoms with van der Waals surface area (Å²) in [7, 11) is 0. The van der Waals surface area contributed by atoms with E-state index in [0.29, 0.717) is 11.6 Å². The molecule has 1 N–H and O–H groups in total. The second-order valence-corrected chi connectivity index (χ2v) is 4.56. The Balaban J connectivity index is 2.31. The van der Waals surface area contributed by atoms with Crippen molar-refractivity contribution in [3.8, 4) is 0 Å². The molecule has 3 heteroatoms. The van der Waals surface area contributed by atoms with Crippen molar-refractivity contribution in [2.45, 2.75) is 25.4 Å². The average molecular weight is 227 g/mol. The van der Waals surface area contributed by atoms with Crippen LogP contribution < -0.4 is 0 Å². The van der Waals surface area contributed by atoms with Crippen LogP contribution in [0.3, 0.4) is 0 Å². The maximum absolute atomic E-state index is 10.4. The number of aryl methyl sites for hydroxylation is 1. The van der Waals surface area contributed by atoms with E-state index in [1.54, 1.807) is 0 Å². The van der Waals surface area contributed by atoms with Gasteiger partial charge in [-0.2, -0.15) is 0 Å². The summed E-state index contributed by atoms with van der Waals surface area (Å²) in [4.78, 5) is 0. The van der Waals surface area contributed by atoms with E-state index in [0.717, 1.165) is 30.6 Å². The molecule has 1 atom stereocenters. The summed E-state index contributed by atoms with van der Waals surface area (Å²) in [5, 5.41) is 11.1. The van der Waals surface area contributed by atoms with Crippen LogP contribution in [-0.2, 0) is 10.3 Å². The first-order chi connectivity index (χ1) is 7.12. The molecule has 1 aromatic carbocycles. The van der Waals surface area contributed by atoms with Crippen LogP contribution in [0.25, 0.3) is 0 Å². The predicted molar refractivity (Wildman–Crippen MR) is 60.1 cm³/mol. The van der Waals surface area contributed by atoms with Crippen molar-refractivity contribution in [3.63, 3.8) is 0 Å². The zero-order valence-corrected chi connectivity index (χ0v) is 9.55. The van der Waals surface area contributed by atoms with E-state index in [-0.39, 0.29) is 0 Å². The molecule has 0 radical (unpaired) electrons. The lowest BCUT2D eigenvalue weighted by Crippen LogP contribution is -2.35. The van der Waals surface area contributed by atoms with E-state index >= 15 is 0 Å². The Morgan fingerprint density at radius 3 is 2.87 bits per heavy atom. The van der Waals surface area contributed by atoms with Gasteiger partial charge in [-0.3, -0.25) is 0 Å². The fourth-order valence-corrected chi connectivity index (χ4v) is 2.07. The molecular weight excluding hydrogens is 212 g/mol. The van der Waals surface area contributed by atoms with Crippen LogP contribution in [0.2, 0.25) is 5.02 Å². The highest BCUT2D eigenvalue weighted by atomic mass is 35.5. The second-order valence-electron chi connectivity index (χ2n) is 4.15. The number of hydrogen-bond acceptors (Lipinski definition) is 2. The van der Waals surface area contributed by atoms with Crippen molar-refractivity contribution in [2.24, 2.45) is 0 Å². The van der Waals surface area contributed by atoms with E-state index in [1.165, 1.54) is 0 Å². The molecule has 1 aliphatic rings. The van der Waals surface area contributed by atoms with Crippen LogP contribution in [0.4, 0.5) is 0 Å². The highest BCUT2D eigenvalue weighted by Crippen LogP contribution is 2.32. The lowest BCUT2D eigenvalue weighted by atomic mass is 9.88. The molecule has 0 spiro atoms. The lowest BCUT2D eigenvalue weighted by molar-refractivity contribution is -0.0902. The number of hydrogen-bond donors (Lipinski definition) is 1. The third-order valence-electron chi connectivity index (χ3n) is 2.93. The van der Waals surface area contributed by atoms with Gasteiger partial charge in [-0.05, 0) is 37.0 Å². The molecule has 2 nitrogen and oxygen atoms in total. The van der Waals surface area contributed by atoms with Crippen LogP contribution in [0, 0.1) is 6.92 Å². The van der Waals surface area contributed by atoms with Gasteiger partial charge in [0.05, 0.1) is 6.61 Å². The average Bonchev–Trinajstić information content (AvgIpc) is 2.23. The molecule has 1 aromatic rings. The number of rotatable bonds is 1. The molecule has 0 aromatic heterocycles. The molecule has 1 aliphatic heterocycles. The summed E-state index contributed by atoms with van der Waals surface area (Å²) in [5.74, 6) is 0. The lowest BCUT2D eigenvalue weighted by Gasteiger charge is -2.32. The highest BCUT2D eigenvalue weighted by molar-refractivity contribution is 6.31. The van der Waals surface area contributed by atoms with Crippen molar-refractivity contribution in [1.29, 1.82) is 0 Å². The summed E-state index contributed by atoms with van der Waals surface area (Å²) in [6.45, 7) is 3.06. The Morgan fingerprint density at radius 1 is 1.47 bits per heavy atom. The first kappa shape index (κ1) is 10.9. The van der Waals surface area contributed by atoms with Crippen molar-refractivity contribution >= 4 is 11.6 Å². The third kappa shape index (κ3) is 2.17. The third-order valence-corrected chi connectivity index (χ3v) is 3.34.